The second kappa shape index (κ2) is 11.1. The van der Waals surface area contributed by atoms with Gasteiger partial charge in [0.2, 0.25) is 0 Å². The van der Waals surface area contributed by atoms with Crippen molar-refractivity contribution >= 4 is 15.9 Å². The Balaban J connectivity index is 1.44. The Kier molecular flexibility index (Phi) is 7.44. The van der Waals surface area contributed by atoms with Crippen LogP contribution in [0.25, 0.3) is 0 Å². The van der Waals surface area contributed by atoms with Crippen LogP contribution in [0, 0.1) is 5.82 Å². The van der Waals surface area contributed by atoms with Crippen molar-refractivity contribution in [1.82, 2.24) is 9.80 Å². The fourth-order valence-corrected chi connectivity index (χ4v) is 5.76. The Labute approximate surface area is 217 Å². The predicted octanol–water partition coefficient (Wildman–Crippen LogP) is 5.37. The normalized spacial score (nSPS) is 15.2. The molecular formula is C30H28FN3O2S. The minimum absolute atomic E-state index is 0.0332. The minimum atomic E-state index is -4.02. The summed E-state index contributed by atoms with van der Waals surface area (Å²) in [6.45, 7) is 2.69. The lowest BCUT2D eigenvalue weighted by molar-refractivity contribution is 0.150. The van der Waals surface area contributed by atoms with E-state index in [9.17, 15) is 12.8 Å². The van der Waals surface area contributed by atoms with Crippen LogP contribution in [-0.4, -0.2) is 50.2 Å². The van der Waals surface area contributed by atoms with E-state index in [1.165, 1.54) is 23.3 Å². The second-order valence-electron chi connectivity index (χ2n) is 8.96. The number of nitrogens with zero attached hydrogens (tertiary/aromatic N) is 3. The van der Waals surface area contributed by atoms with Gasteiger partial charge in [-0.1, -0.05) is 91.0 Å². The Bertz CT molecular complexity index is 1400. The third-order valence-electron chi connectivity index (χ3n) is 6.56. The molecule has 0 aromatic heterocycles. The molecule has 0 bridgehead atoms. The number of amidine groups is 1. The molecule has 1 saturated heterocycles. The highest BCUT2D eigenvalue weighted by Gasteiger charge is 2.29. The zero-order chi connectivity index (χ0) is 25.7. The molecule has 1 aliphatic heterocycles. The molecule has 7 heteroatoms. The summed E-state index contributed by atoms with van der Waals surface area (Å²) in [4.78, 5) is 4.42. The van der Waals surface area contributed by atoms with Gasteiger partial charge in [-0.15, -0.1) is 4.40 Å². The number of hydrogen-bond acceptors (Lipinski definition) is 3. The van der Waals surface area contributed by atoms with Gasteiger partial charge in [0, 0.05) is 31.7 Å². The van der Waals surface area contributed by atoms with Gasteiger partial charge in [0.15, 0.2) is 0 Å². The van der Waals surface area contributed by atoms with Crippen LogP contribution in [0.15, 0.2) is 125 Å². The van der Waals surface area contributed by atoms with Crippen molar-refractivity contribution in [2.75, 3.05) is 26.2 Å². The van der Waals surface area contributed by atoms with Gasteiger partial charge in [-0.3, -0.25) is 4.90 Å². The van der Waals surface area contributed by atoms with Crippen LogP contribution < -0.4 is 0 Å². The zero-order valence-electron chi connectivity index (χ0n) is 20.3. The molecule has 0 radical (unpaired) electrons. The minimum Gasteiger partial charge on any atom is -0.353 e. The summed E-state index contributed by atoms with van der Waals surface area (Å²) in [6.07, 6.45) is 0. The van der Waals surface area contributed by atoms with Crippen LogP contribution in [0.1, 0.15) is 22.7 Å². The summed E-state index contributed by atoms with van der Waals surface area (Å²) in [5, 5.41) is 0. The van der Waals surface area contributed by atoms with E-state index in [4.69, 9.17) is 0 Å². The summed E-state index contributed by atoms with van der Waals surface area (Å²) in [7, 11) is -4.02. The average molecular weight is 514 g/mol. The highest BCUT2D eigenvalue weighted by atomic mass is 32.2. The Hall–Kier alpha value is -3.81. The Morgan fingerprint density at radius 2 is 1.16 bits per heavy atom. The van der Waals surface area contributed by atoms with Crippen LogP contribution in [-0.2, 0) is 10.0 Å². The van der Waals surface area contributed by atoms with E-state index in [-0.39, 0.29) is 10.9 Å². The van der Waals surface area contributed by atoms with E-state index in [0.29, 0.717) is 18.9 Å². The first-order valence-electron chi connectivity index (χ1n) is 12.3. The van der Waals surface area contributed by atoms with Gasteiger partial charge in [0.05, 0.1) is 10.9 Å². The Morgan fingerprint density at radius 1 is 0.676 bits per heavy atom. The summed E-state index contributed by atoms with van der Waals surface area (Å²) < 4.78 is 44.0. The smallest absolute Gasteiger partial charge is 0.284 e. The van der Waals surface area contributed by atoms with Gasteiger partial charge < -0.3 is 4.90 Å². The van der Waals surface area contributed by atoms with E-state index >= 15 is 0 Å². The summed E-state index contributed by atoms with van der Waals surface area (Å²) in [5.41, 5.74) is 3.17. The average Bonchev–Trinajstić information content (AvgIpc) is 2.94. The van der Waals surface area contributed by atoms with Gasteiger partial charge in [-0.05, 0) is 35.4 Å². The molecule has 0 amide bonds. The molecule has 0 aliphatic carbocycles. The molecule has 1 aliphatic rings. The molecule has 5 rings (SSSR count). The van der Waals surface area contributed by atoms with Crippen molar-refractivity contribution in [2.45, 2.75) is 10.9 Å². The van der Waals surface area contributed by atoms with Crippen molar-refractivity contribution in [1.29, 1.82) is 0 Å². The van der Waals surface area contributed by atoms with Crippen molar-refractivity contribution in [3.8, 4) is 0 Å². The monoisotopic (exact) mass is 513 g/mol. The molecule has 0 spiro atoms. The first-order valence-corrected chi connectivity index (χ1v) is 13.7. The summed E-state index contributed by atoms with van der Waals surface area (Å²) in [6, 6.07) is 35.1. The van der Waals surface area contributed by atoms with E-state index in [0.717, 1.165) is 30.8 Å². The molecule has 1 fully saturated rings. The van der Waals surface area contributed by atoms with Crippen LogP contribution in [0.3, 0.4) is 0 Å². The molecule has 5 nitrogen and oxygen atoms in total. The van der Waals surface area contributed by atoms with Gasteiger partial charge in [-0.25, -0.2) is 4.39 Å². The maximum absolute atomic E-state index is 13.4. The van der Waals surface area contributed by atoms with Crippen LogP contribution >= 0.6 is 0 Å². The molecule has 4 aromatic rings. The van der Waals surface area contributed by atoms with Crippen molar-refractivity contribution in [3.63, 3.8) is 0 Å². The zero-order valence-corrected chi connectivity index (χ0v) is 21.1. The first kappa shape index (κ1) is 24.9. The van der Waals surface area contributed by atoms with Crippen LogP contribution in [0.2, 0.25) is 0 Å². The van der Waals surface area contributed by atoms with E-state index in [1.807, 2.05) is 47.4 Å². The third-order valence-corrected chi connectivity index (χ3v) is 7.84. The van der Waals surface area contributed by atoms with E-state index < -0.39 is 15.8 Å². The molecule has 0 atom stereocenters. The topological polar surface area (TPSA) is 53.0 Å². The van der Waals surface area contributed by atoms with Crippen molar-refractivity contribution in [3.05, 3.63) is 138 Å². The predicted molar refractivity (Wildman–Crippen MR) is 144 cm³/mol. The van der Waals surface area contributed by atoms with Gasteiger partial charge >= 0.3 is 0 Å². The first-order chi connectivity index (χ1) is 18.0. The standard InChI is InChI=1S/C30H28FN3O2S/c31-27-16-18-28(19-17-27)37(35,36)32-30(26-14-8-3-9-15-26)34-22-20-33(21-23-34)29(24-10-4-1-5-11-24)25-12-6-2-7-13-25/h1-19,29H,20-23H2/b32-30-. The number of hydrogen-bond donors (Lipinski definition) is 0. The van der Waals surface area contributed by atoms with E-state index in [1.54, 1.807) is 0 Å². The number of rotatable bonds is 6. The molecule has 0 unspecified atom stereocenters. The summed E-state index contributed by atoms with van der Waals surface area (Å²) >= 11 is 0. The lowest BCUT2D eigenvalue weighted by Crippen LogP contribution is -2.50. The number of sulfonamides is 1. The highest BCUT2D eigenvalue weighted by molar-refractivity contribution is 7.90. The third kappa shape index (κ3) is 5.79. The van der Waals surface area contributed by atoms with E-state index in [2.05, 4.69) is 57.8 Å². The maximum atomic E-state index is 13.4. The molecular weight excluding hydrogens is 485 g/mol. The second-order valence-corrected chi connectivity index (χ2v) is 10.6. The van der Waals surface area contributed by atoms with Crippen molar-refractivity contribution < 1.29 is 12.8 Å². The SMILES string of the molecule is O=S(=O)(/N=C(/c1ccccc1)N1CCN(C(c2ccccc2)c2ccccc2)CC1)c1ccc(F)cc1. The molecule has 4 aromatic carbocycles. The van der Waals surface area contributed by atoms with Crippen molar-refractivity contribution in [2.24, 2.45) is 4.40 Å². The van der Waals surface area contributed by atoms with Gasteiger partial charge in [0.1, 0.15) is 11.7 Å². The number of halogens is 1. The molecule has 0 N–H and O–H groups in total. The lowest BCUT2D eigenvalue weighted by atomic mass is 9.96. The highest BCUT2D eigenvalue weighted by Crippen LogP contribution is 2.30. The molecule has 1 heterocycles. The van der Waals surface area contributed by atoms with Gasteiger partial charge in [-0.2, -0.15) is 8.42 Å². The molecule has 37 heavy (non-hydrogen) atoms. The van der Waals surface area contributed by atoms with Gasteiger partial charge in [0.25, 0.3) is 10.0 Å². The lowest BCUT2D eigenvalue weighted by Gasteiger charge is -2.41. The van der Waals surface area contributed by atoms with Crippen LogP contribution in [0.5, 0.6) is 0 Å². The molecule has 0 saturated carbocycles. The quantitative estimate of drug-likeness (QED) is 0.257. The maximum Gasteiger partial charge on any atom is 0.284 e. The number of benzene rings is 4. The van der Waals surface area contributed by atoms with Crippen LogP contribution in [0.4, 0.5) is 4.39 Å². The number of piperazine rings is 1. The fraction of sp³-hybridized carbons (Fsp3) is 0.167. The Morgan fingerprint density at radius 3 is 1.68 bits per heavy atom. The largest absolute Gasteiger partial charge is 0.353 e. The summed E-state index contributed by atoms with van der Waals surface area (Å²) in [5.74, 6) is -0.0886. The molecule has 188 valence electrons. The fourth-order valence-electron chi connectivity index (χ4n) is 4.73.